The Labute approximate surface area is 112 Å². The minimum atomic E-state index is -0.0232. The van der Waals surface area contributed by atoms with E-state index in [-0.39, 0.29) is 12.0 Å². The fourth-order valence-corrected chi connectivity index (χ4v) is 2.07. The van der Waals surface area contributed by atoms with Crippen molar-refractivity contribution >= 4 is 17.5 Å². The van der Waals surface area contributed by atoms with E-state index in [9.17, 15) is 4.79 Å². The quantitative estimate of drug-likeness (QED) is 0.866. The maximum absolute atomic E-state index is 11.7. The molecule has 18 heavy (non-hydrogen) atoms. The summed E-state index contributed by atoms with van der Waals surface area (Å²) in [7, 11) is 0. The molecule has 1 fully saturated rings. The summed E-state index contributed by atoms with van der Waals surface area (Å²) in [6, 6.07) is 7.50. The second-order valence-electron chi connectivity index (χ2n) is 4.27. The molecule has 1 aromatic rings. The summed E-state index contributed by atoms with van der Waals surface area (Å²) < 4.78 is 5.47. The average Bonchev–Trinajstić information content (AvgIpc) is 2.39. The lowest BCUT2D eigenvalue weighted by atomic mass is 10.2. The van der Waals surface area contributed by atoms with Crippen molar-refractivity contribution < 1.29 is 9.53 Å². The molecule has 2 N–H and O–H groups in total. The Morgan fingerprint density at radius 3 is 3.06 bits per heavy atom. The van der Waals surface area contributed by atoms with E-state index in [1.54, 1.807) is 0 Å². The van der Waals surface area contributed by atoms with Crippen LogP contribution >= 0.6 is 11.6 Å². The van der Waals surface area contributed by atoms with Gasteiger partial charge in [-0.2, -0.15) is 0 Å². The molecule has 1 aliphatic heterocycles. The first kappa shape index (κ1) is 13.3. The predicted octanol–water partition coefficient (Wildman–Crippen LogP) is 1.33. The highest BCUT2D eigenvalue weighted by atomic mass is 35.5. The minimum absolute atomic E-state index is 0.0105. The van der Waals surface area contributed by atoms with Crippen LogP contribution in [-0.4, -0.2) is 31.7 Å². The molecule has 1 amide bonds. The van der Waals surface area contributed by atoms with E-state index in [1.807, 2.05) is 24.3 Å². The molecule has 0 bridgehead atoms. The lowest BCUT2D eigenvalue weighted by Gasteiger charge is -2.23. The van der Waals surface area contributed by atoms with Gasteiger partial charge in [-0.25, -0.2) is 0 Å². The van der Waals surface area contributed by atoms with E-state index in [0.717, 1.165) is 18.7 Å². The third kappa shape index (κ3) is 3.98. The van der Waals surface area contributed by atoms with Gasteiger partial charge in [0.05, 0.1) is 19.1 Å². The van der Waals surface area contributed by atoms with Crippen LogP contribution in [0, 0.1) is 0 Å². The van der Waals surface area contributed by atoms with Crippen LogP contribution in [0.5, 0.6) is 0 Å². The fraction of sp³-hybridized carbons (Fsp3) is 0.462. The molecule has 0 radical (unpaired) electrons. The molecule has 0 saturated carbocycles. The van der Waals surface area contributed by atoms with Gasteiger partial charge in [-0.15, -0.1) is 0 Å². The molecule has 0 aliphatic carbocycles. The highest BCUT2D eigenvalue weighted by Gasteiger charge is 2.17. The van der Waals surface area contributed by atoms with Gasteiger partial charge in [0, 0.05) is 24.7 Å². The fourth-order valence-electron chi connectivity index (χ4n) is 1.87. The summed E-state index contributed by atoms with van der Waals surface area (Å²) in [6.07, 6.45) is 0.363. The molecular formula is C13H17ClN2O2. The zero-order valence-corrected chi connectivity index (χ0v) is 10.9. The maximum Gasteiger partial charge on any atom is 0.222 e. The highest BCUT2D eigenvalue weighted by molar-refractivity contribution is 6.31. The molecular weight excluding hydrogens is 252 g/mol. The Bertz CT molecular complexity index is 406. The van der Waals surface area contributed by atoms with Crippen molar-refractivity contribution in [3.63, 3.8) is 0 Å². The Morgan fingerprint density at radius 1 is 1.50 bits per heavy atom. The number of carbonyl (C=O) groups is 1. The van der Waals surface area contributed by atoms with Crippen LogP contribution < -0.4 is 10.6 Å². The number of rotatable bonds is 4. The third-order valence-corrected chi connectivity index (χ3v) is 3.22. The molecule has 2 rings (SSSR count). The van der Waals surface area contributed by atoms with E-state index in [4.69, 9.17) is 16.3 Å². The van der Waals surface area contributed by atoms with Crippen molar-refractivity contribution in [2.75, 3.05) is 19.7 Å². The van der Waals surface area contributed by atoms with Gasteiger partial charge < -0.3 is 15.4 Å². The second-order valence-corrected chi connectivity index (χ2v) is 4.68. The van der Waals surface area contributed by atoms with Gasteiger partial charge in [0.2, 0.25) is 5.91 Å². The summed E-state index contributed by atoms with van der Waals surface area (Å²) in [4.78, 5) is 11.7. The lowest BCUT2D eigenvalue weighted by Crippen LogP contribution is -2.41. The van der Waals surface area contributed by atoms with Gasteiger partial charge in [-0.1, -0.05) is 29.8 Å². The molecule has 5 heteroatoms. The van der Waals surface area contributed by atoms with E-state index >= 15 is 0 Å². The number of hydrogen-bond acceptors (Lipinski definition) is 3. The number of ether oxygens (including phenoxy) is 1. The van der Waals surface area contributed by atoms with Crippen molar-refractivity contribution in [3.8, 4) is 0 Å². The molecule has 0 spiro atoms. The normalized spacial score (nSPS) is 19.5. The first-order chi connectivity index (χ1) is 8.75. The van der Waals surface area contributed by atoms with Crippen LogP contribution in [0.4, 0.5) is 0 Å². The molecule has 0 aromatic heterocycles. The molecule has 1 aromatic carbocycles. The van der Waals surface area contributed by atoms with Crippen molar-refractivity contribution in [3.05, 3.63) is 34.9 Å². The van der Waals surface area contributed by atoms with Gasteiger partial charge in [0.15, 0.2) is 0 Å². The van der Waals surface area contributed by atoms with Crippen molar-refractivity contribution in [2.45, 2.75) is 19.1 Å². The molecule has 1 heterocycles. The van der Waals surface area contributed by atoms with E-state index in [0.29, 0.717) is 24.6 Å². The first-order valence-electron chi connectivity index (χ1n) is 6.08. The Balaban J connectivity index is 1.76. The van der Waals surface area contributed by atoms with Crippen molar-refractivity contribution in [2.24, 2.45) is 0 Å². The summed E-state index contributed by atoms with van der Waals surface area (Å²) in [5.41, 5.74) is 0.926. The number of carbonyl (C=O) groups excluding carboxylic acids is 1. The van der Waals surface area contributed by atoms with Gasteiger partial charge >= 0.3 is 0 Å². The number of hydrogen-bond donors (Lipinski definition) is 2. The van der Waals surface area contributed by atoms with Gasteiger partial charge in [-0.3, -0.25) is 4.79 Å². The Morgan fingerprint density at radius 2 is 2.33 bits per heavy atom. The molecule has 98 valence electrons. The predicted molar refractivity (Wildman–Crippen MR) is 70.5 cm³/mol. The summed E-state index contributed by atoms with van der Waals surface area (Å²) in [6.45, 7) is 2.72. The first-order valence-corrected chi connectivity index (χ1v) is 6.46. The van der Waals surface area contributed by atoms with Crippen LogP contribution in [0.3, 0.4) is 0 Å². The van der Waals surface area contributed by atoms with Crippen molar-refractivity contribution in [1.29, 1.82) is 0 Å². The third-order valence-electron chi connectivity index (χ3n) is 2.85. The van der Waals surface area contributed by atoms with E-state index in [1.165, 1.54) is 0 Å². The van der Waals surface area contributed by atoms with E-state index in [2.05, 4.69) is 10.6 Å². The minimum Gasteiger partial charge on any atom is -0.375 e. The van der Waals surface area contributed by atoms with Crippen LogP contribution in [0.15, 0.2) is 24.3 Å². The zero-order chi connectivity index (χ0) is 12.8. The van der Waals surface area contributed by atoms with Gasteiger partial charge in [0.1, 0.15) is 0 Å². The van der Waals surface area contributed by atoms with Gasteiger partial charge in [-0.05, 0) is 11.6 Å². The van der Waals surface area contributed by atoms with E-state index < -0.39 is 0 Å². The Hall–Kier alpha value is -1.10. The Kier molecular flexibility index (Phi) is 4.99. The number of amides is 1. The standard InChI is InChI=1S/C13H17ClN2O2/c14-12-4-2-1-3-10(12)8-16-13(17)7-11-9-15-5-6-18-11/h1-4,11,15H,5-9H2,(H,16,17). The molecule has 1 aliphatic rings. The average molecular weight is 269 g/mol. The largest absolute Gasteiger partial charge is 0.375 e. The van der Waals surface area contributed by atoms with Crippen LogP contribution in [0.1, 0.15) is 12.0 Å². The van der Waals surface area contributed by atoms with Crippen LogP contribution in [0.2, 0.25) is 5.02 Å². The summed E-state index contributed by atoms with van der Waals surface area (Å²) in [5, 5.41) is 6.73. The SMILES string of the molecule is O=C(CC1CNCCO1)NCc1ccccc1Cl. The number of nitrogens with one attached hydrogen (secondary N) is 2. The molecule has 4 nitrogen and oxygen atoms in total. The smallest absolute Gasteiger partial charge is 0.222 e. The lowest BCUT2D eigenvalue weighted by molar-refractivity contribution is -0.124. The second kappa shape index (κ2) is 6.73. The van der Waals surface area contributed by atoms with Crippen LogP contribution in [-0.2, 0) is 16.1 Å². The summed E-state index contributed by atoms with van der Waals surface area (Å²) in [5.74, 6) is -0.0105. The summed E-state index contributed by atoms with van der Waals surface area (Å²) >= 11 is 6.01. The molecule has 1 atom stereocenters. The number of morpholine rings is 1. The number of benzene rings is 1. The van der Waals surface area contributed by atoms with Crippen molar-refractivity contribution in [1.82, 2.24) is 10.6 Å². The molecule has 1 unspecified atom stereocenters. The van der Waals surface area contributed by atoms with Gasteiger partial charge in [0.25, 0.3) is 0 Å². The number of halogens is 1. The topological polar surface area (TPSA) is 50.4 Å². The van der Waals surface area contributed by atoms with Crippen LogP contribution in [0.25, 0.3) is 0 Å². The monoisotopic (exact) mass is 268 g/mol. The maximum atomic E-state index is 11.7. The zero-order valence-electron chi connectivity index (χ0n) is 10.1. The molecule has 1 saturated heterocycles. The highest BCUT2D eigenvalue weighted by Crippen LogP contribution is 2.14.